The van der Waals surface area contributed by atoms with E-state index < -0.39 is 0 Å². The molecule has 0 atom stereocenters. The summed E-state index contributed by atoms with van der Waals surface area (Å²) >= 11 is 0. The van der Waals surface area contributed by atoms with E-state index >= 15 is 0 Å². The van der Waals surface area contributed by atoms with Crippen LogP contribution in [0.2, 0.25) is 0 Å². The Kier molecular flexibility index (Phi) is 8.06. The highest BCUT2D eigenvalue weighted by Gasteiger charge is 2.16. The summed E-state index contributed by atoms with van der Waals surface area (Å²) in [5.41, 5.74) is 2.80. The maximum atomic E-state index is 12.6. The second-order valence-electron chi connectivity index (χ2n) is 9.28. The first-order valence-corrected chi connectivity index (χ1v) is 12.3. The van der Waals surface area contributed by atoms with Crippen molar-refractivity contribution in [3.05, 3.63) is 42.7 Å². The number of amides is 1. The molecule has 0 spiro atoms. The van der Waals surface area contributed by atoms with Gasteiger partial charge in [-0.05, 0) is 76.5 Å². The molecule has 7 nitrogen and oxygen atoms in total. The molecule has 3 heterocycles. The minimum Gasteiger partial charge on any atom is -0.495 e. The fourth-order valence-corrected chi connectivity index (χ4v) is 4.59. The molecule has 1 aliphatic rings. The number of nitrogens with one attached hydrogen (secondary N) is 1. The fraction of sp³-hybridized carbons (Fsp3) is 0.481. The number of methoxy groups -OCH3 is 1. The number of ether oxygens (including phenoxy) is 2. The van der Waals surface area contributed by atoms with E-state index in [0.29, 0.717) is 12.4 Å². The average molecular weight is 465 g/mol. The molecule has 34 heavy (non-hydrogen) atoms. The van der Waals surface area contributed by atoms with Gasteiger partial charge in [0.15, 0.2) is 0 Å². The molecule has 182 valence electrons. The summed E-state index contributed by atoms with van der Waals surface area (Å²) in [5, 5.41) is 4.02. The van der Waals surface area contributed by atoms with Crippen molar-refractivity contribution in [2.45, 2.75) is 52.1 Å². The lowest BCUT2D eigenvalue weighted by atomic mass is 10.1. The standard InChI is InChI=1S/C27H36N4O3/c1-20(2)29-27(32)19-31-25-9-8-23(34-13-7-12-30-10-5-4-6-11-30)14-21(25)16-26(31)22-15-24(33-3)18-28-17-22/h8-9,14-18,20H,4-7,10-13,19H2,1-3H3,(H,29,32). The van der Waals surface area contributed by atoms with Crippen LogP contribution in [0.5, 0.6) is 11.5 Å². The van der Waals surface area contributed by atoms with Gasteiger partial charge < -0.3 is 24.3 Å². The molecule has 1 saturated heterocycles. The van der Waals surface area contributed by atoms with Crippen LogP contribution in [0.3, 0.4) is 0 Å². The number of aromatic nitrogens is 2. The predicted molar refractivity (Wildman–Crippen MR) is 135 cm³/mol. The molecule has 0 saturated carbocycles. The van der Waals surface area contributed by atoms with Gasteiger partial charge in [-0.15, -0.1) is 0 Å². The van der Waals surface area contributed by atoms with Crippen molar-refractivity contribution in [2.24, 2.45) is 0 Å². The molecule has 0 radical (unpaired) electrons. The van der Waals surface area contributed by atoms with Gasteiger partial charge in [0.05, 0.1) is 25.6 Å². The molecule has 1 aliphatic heterocycles. The van der Waals surface area contributed by atoms with Gasteiger partial charge in [0.2, 0.25) is 5.91 Å². The third-order valence-electron chi connectivity index (χ3n) is 6.20. The summed E-state index contributed by atoms with van der Waals surface area (Å²) in [6, 6.07) is 10.2. The summed E-state index contributed by atoms with van der Waals surface area (Å²) in [7, 11) is 1.63. The molecule has 0 unspecified atom stereocenters. The van der Waals surface area contributed by atoms with Gasteiger partial charge >= 0.3 is 0 Å². The van der Waals surface area contributed by atoms with E-state index in [-0.39, 0.29) is 18.5 Å². The predicted octanol–water partition coefficient (Wildman–Crippen LogP) is 4.49. The Bertz CT molecular complexity index is 1100. The first-order chi connectivity index (χ1) is 16.5. The Morgan fingerprint density at radius 1 is 1.09 bits per heavy atom. The van der Waals surface area contributed by atoms with Crippen LogP contribution in [0, 0.1) is 0 Å². The summed E-state index contributed by atoms with van der Waals surface area (Å²) in [4.78, 5) is 19.5. The molecule has 3 aromatic rings. The molecule has 4 rings (SSSR count). The van der Waals surface area contributed by atoms with Crippen molar-refractivity contribution < 1.29 is 14.3 Å². The number of piperidine rings is 1. The van der Waals surface area contributed by atoms with Gasteiger partial charge in [-0.25, -0.2) is 0 Å². The number of carbonyl (C=O) groups is 1. The van der Waals surface area contributed by atoms with Crippen LogP contribution >= 0.6 is 0 Å². The zero-order chi connectivity index (χ0) is 23.9. The van der Waals surface area contributed by atoms with Crippen molar-refractivity contribution in [3.63, 3.8) is 0 Å². The maximum Gasteiger partial charge on any atom is 0.240 e. The topological polar surface area (TPSA) is 68.6 Å². The first kappa shape index (κ1) is 24.1. The van der Waals surface area contributed by atoms with E-state index in [9.17, 15) is 4.79 Å². The van der Waals surface area contributed by atoms with E-state index in [1.807, 2.05) is 36.6 Å². The number of hydrogen-bond acceptors (Lipinski definition) is 5. The monoisotopic (exact) mass is 464 g/mol. The Hall–Kier alpha value is -3.06. The van der Waals surface area contributed by atoms with Crippen LogP contribution in [0.4, 0.5) is 0 Å². The number of likely N-dealkylation sites (tertiary alicyclic amines) is 1. The maximum absolute atomic E-state index is 12.6. The largest absolute Gasteiger partial charge is 0.495 e. The van der Waals surface area contributed by atoms with Crippen molar-refractivity contribution in [2.75, 3.05) is 33.4 Å². The lowest BCUT2D eigenvalue weighted by Crippen LogP contribution is -2.33. The third kappa shape index (κ3) is 6.08. The van der Waals surface area contributed by atoms with Gasteiger partial charge in [-0.1, -0.05) is 6.42 Å². The van der Waals surface area contributed by atoms with E-state index in [4.69, 9.17) is 9.47 Å². The first-order valence-electron chi connectivity index (χ1n) is 12.3. The minimum absolute atomic E-state index is 0.0253. The molecule has 1 N–H and O–H groups in total. The third-order valence-corrected chi connectivity index (χ3v) is 6.20. The molecule has 0 bridgehead atoms. The molecular formula is C27H36N4O3. The van der Waals surface area contributed by atoms with Crippen molar-refractivity contribution in [3.8, 4) is 22.8 Å². The van der Waals surface area contributed by atoms with Crippen molar-refractivity contribution >= 4 is 16.8 Å². The van der Waals surface area contributed by atoms with Crippen LogP contribution in [0.15, 0.2) is 42.7 Å². The average Bonchev–Trinajstić information content (AvgIpc) is 3.19. The Labute approximate surface area is 202 Å². The van der Waals surface area contributed by atoms with Crippen LogP contribution in [-0.2, 0) is 11.3 Å². The second kappa shape index (κ2) is 11.4. The van der Waals surface area contributed by atoms with Gasteiger partial charge in [0, 0.05) is 35.2 Å². The molecule has 7 heteroatoms. The number of rotatable bonds is 10. The number of pyridine rings is 1. The smallest absolute Gasteiger partial charge is 0.240 e. The van der Waals surface area contributed by atoms with Crippen molar-refractivity contribution in [1.82, 2.24) is 19.8 Å². The van der Waals surface area contributed by atoms with Gasteiger partial charge in [-0.3, -0.25) is 9.78 Å². The highest BCUT2D eigenvalue weighted by atomic mass is 16.5. The van der Waals surface area contributed by atoms with Crippen molar-refractivity contribution in [1.29, 1.82) is 0 Å². The minimum atomic E-state index is -0.0253. The van der Waals surface area contributed by atoms with Crippen LogP contribution < -0.4 is 14.8 Å². The highest BCUT2D eigenvalue weighted by molar-refractivity contribution is 5.90. The SMILES string of the molecule is COc1cncc(-c2cc3cc(OCCCN4CCCCC4)ccc3n2CC(=O)NC(C)C)c1. The summed E-state index contributed by atoms with van der Waals surface area (Å²) < 4.78 is 13.5. The fourth-order valence-electron chi connectivity index (χ4n) is 4.59. The number of fused-ring (bicyclic) bond motifs is 1. The summed E-state index contributed by atoms with van der Waals surface area (Å²) in [6.07, 6.45) is 8.49. The molecule has 2 aromatic heterocycles. The van der Waals surface area contributed by atoms with Gasteiger partial charge in [0.1, 0.15) is 18.0 Å². The van der Waals surface area contributed by atoms with E-state index in [0.717, 1.165) is 40.9 Å². The summed E-state index contributed by atoms with van der Waals surface area (Å²) in [5.74, 6) is 1.51. The lowest BCUT2D eigenvalue weighted by molar-refractivity contribution is -0.122. The molecule has 1 fully saturated rings. The Morgan fingerprint density at radius 3 is 2.68 bits per heavy atom. The molecule has 0 aliphatic carbocycles. The zero-order valence-corrected chi connectivity index (χ0v) is 20.5. The van der Waals surface area contributed by atoms with E-state index in [2.05, 4.69) is 27.3 Å². The number of nitrogens with zero attached hydrogens (tertiary/aromatic N) is 3. The van der Waals surface area contributed by atoms with Gasteiger partial charge in [0.25, 0.3) is 0 Å². The van der Waals surface area contributed by atoms with Crippen LogP contribution in [0.25, 0.3) is 22.2 Å². The number of carbonyl (C=O) groups excluding carboxylic acids is 1. The molecule has 1 aromatic carbocycles. The summed E-state index contributed by atoms with van der Waals surface area (Å²) in [6.45, 7) is 8.38. The molecule has 1 amide bonds. The number of benzene rings is 1. The Balaban J connectivity index is 1.54. The second-order valence-corrected chi connectivity index (χ2v) is 9.28. The Morgan fingerprint density at radius 2 is 1.91 bits per heavy atom. The van der Waals surface area contributed by atoms with E-state index in [1.54, 1.807) is 19.5 Å². The number of hydrogen-bond donors (Lipinski definition) is 1. The normalized spacial score (nSPS) is 14.5. The lowest BCUT2D eigenvalue weighted by Gasteiger charge is -2.26. The van der Waals surface area contributed by atoms with Crippen LogP contribution in [0.1, 0.15) is 39.5 Å². The quantitative estimate of drug-likeness (QED) is 0.448. The van der Waals surface area contributed by atoms with E-state index in [1.165, 1.54) is 32.4 Å². The zero-order valence-electron chi connectivity index (χ0n) is 20.5. The van der Waals surface area contributed by atoms with Crippen LogP contribution in [-0.4, -0.2) is 59.8 Å². The highest BCUT2D eigenvalue weighted by Crippen LogP contribution is 2.32. The molecular weight excluding hydrogens is 428 g/mol. The van der Waals surface area contributed by atoms with Gasteiger partial charge in [-0.2, -0.15) is 0 Å².